The molecule has 0 spiro atoms. The third kappa shape index (κ3) is 6.04. The SMILES string of the molecule is Cc1cc(C2(c3cc(C)c(NC(=O)c4c5ccccc5nc5ccccc45)c(C)c3)CCN(C(=O)OCc3ccccc3)CC2)cc(C)c1N. The summed E-state index contributed by atoms with van der Waals surface area (Å²) in [5.74, 6) is -0.166. The van der Waals surface area contributed by atoms with E-state index < -0.39 is 0 Å². The fourth-order valence-electron chi connectivity index (χ4n) is 7.57. The lowest BCUT2D eigenvalue weighted by Gasteiger charge is -2.43. The summed E-state index contributed by atoms with van der Waals surface area (Å²) in [6.07, 6.45) is 1.14. The van der Waals surface area contributed by atoms with Gasteiger partial charge >= 0.3 is 6.09 Å². The predicted octanol–water partition coefficient (Wildman–Crippen LogP) is 9.17. The third-order valence-corrected chi connectivity index (χ3v) is 10.4. The van der Waals surface area contributed by atoms with Crippen LogP contribution in [0.4, 0.5) is 16.2 Å². The minimum atomic E-state index is -0.366. The highest BCUT2D eigenvalue weighted by Gasteiger charge is 2.40. The molecule has 1 aliphatic rings. The number of fused-ring (bicyclic) bond motifs is 2. The van der Waals surface area contributed by atoms with Crippen LogP contribution in [0.5, 0.6) is 0 Å². The van der Waals surface area contributed by atoms with Gasteiger partial charge in [0.1, 0.15) is 6.61 Å². The van der Waals surface area contributed by atoms with E-state index in [0.717, 1.165) is 79.4 Å². The summed E-state index contributed by atoms with van der Waals surface area (Å²) < 4.78 is 5.71. The Morgan fingerprint density at radius 2 is 1.24 bits per heavy atom. The smallest absolute Gasteiger partial charge is 0.410 e. The number of pyridine rings is 1. The number of ether oxygens (including phenoxy) is 1. The van der Waals surface area contributed by atoms with E-state index in [9.17, 15) is 9.59 Å². The molecule has 1 saturated heterocycles. The fourth-order valence-corrected chi connectivity index (χ4v) is 7.57. The van der Waals surface area contributed by atoms with Crippen LogP contribution in [-0.2, 0) is 16.8 Å². The zero-order valence-electron chi connectivity index (χ0n) is 29.0. The molecular weight excluding hydrogens is 620 g/mol. The molecule has 1 aromatic heterocycles. The van der Waals surface area contributed by atoms with E-state index >= 15 is 0 Å². The minimum absolute atomic E-state index is 0.166. The van der Waals surface area contributed by atoms with Gasteiger partial charge in [0, 0.05) is 40.7 Å². The largest absolute Gasteiger partial charge is 0.445 e. The number of aromatic nitrogens is 1. The topological polar surface area (TPSA) is 97.5 Å². The molecule has 2 amide bonds. The number of hydrogen-bond donors (Lipinski definition) is 2. The molecule has 252 valence electrons. The number of hydrogen-bond acceptors (Lipinski definition) is 5. The molecule has 7 nitrogen and oxygen atoms in total. The van der Waals surface area contributed by atoms with Crippen LogP contribution in [-0.4, -0.2) is 35.0 Å². The standard InChI is InChI=1S/C43H42N4O3/c1-27-22-32(23-28(2)39(27)44)43(18-20-47(21-19-43)42(49)50-26-31-12-6-5-7-13-31)33-24-29(3)40(30(4)25-33)46-41(48)38-34-14-8-10-16-36(34)45-37-17-11-9-15-35(37)38/h5-17,22-25H,18-21,26,44H2,1-4H3,(H,46,48). The Bertz CT molecular complexity index is 2150. The van der Waals surface area contributed by atoms with Crippen LogP contribution in [0.3, 0.4) is 0 Å². The van der Waals surface area contributed by atoms with E-state index in [2.05, 4.69) is 57.3 Å². The van der Waals surface area contributed by atoms with Gasteiger partial charge in [0.25, 0.3) is 5.91 Å². The van der Waals surface area contributed by atoms with Crippen molar-refractivity contribution in [3.63, 3.8) is 0 Å². The maximum Gasteiger partial charge on any atom is 0.410 e. The van der Waals surface area contributed by atoms with Crippen molar-refractivity contribution in [1.29, 1.82) is 0 Å². The number of benzene rings is 5. The predicted molar refractivity (Wildman–Crippen MR) is 202 cm³/mol. The Morgan fingerprint density at radius 1 is 0.740 bits per heavy atom. The summed E-state index contributed by atoms with van der Waals surface area (Å²) in [5.41, 5.74) is 17.2. The highest BCUT2D eigenvalue weighted by molar-refractivity contribution is 6.20. The Balaban J connectivity index is 1.22. The average molecular weight is 663 g/mol. The van der Waals surface area contributed by atoms with Crippen molar-refractivity contribution in [2.45, 2.75) is 52.6 Å². The molecule has 0 atom stereocenters. The number of para-hydroxylation sites is 2. The zero-order chi connectivity index (χ0) is 35.0. The number of carbonyl (C=O) groups excluding carboxylic acids is 2. The lowest BCUT2D eigenvalue weighted by atomic mass is 9.67. The summed E-state index contributed by atoms with van der Waals surface area (Å²) >= 11 is 0. The molecule has 1 fully saturated rings. The van der Waals surface area contributed by atoms with Crippen molar-refractivity contribution in [2.24, 2.45) is 0 Å². The maximum absolute atomic E-state index is 14.2. The van der Waals surface area contributed by atoms with Gasteiger partial charge in [0.15, 0.2) is 0 Å². The van der Waals surface area contributed by atoms with Gasteiger partial charge in [-0.3, -0.25) is 4.79 Å². The first-order valence-corrected chi connectivity index (χ1v) is 17.2. The summed E-state index contributed by atoms with van der Waals surface area (Å²) in [6, 6.07) is 34.1. The Labute approximate surface area is 293 Å². The zero-order valence-corrected chi connectivity index (χ0v) is 29.0. The molecule has 7 rings (SSSR count). The molecule has 0 saturated carbocycles. The van der Waals surface area contributed by atoms with Crippen molar-refractivity contribution in [2.75, 3.05) is 24.1 Å². The van der Waals surface area contributed by atoms with Gasteiger partial charge < -0.3 is 20.7 Å². The molecule has 1 aliphatic heterocycles. The van der Waals surface area contributed by atoms with Crippen LogP contribution < -0.4 is 11.1 Å². The first kappa shape index (κ1) is 32.8. The van der Waals surface area contributed by atoms with Crippen LogP contribution in [0, 0.1) is 27.7 Å². The van der Waals surface area contributed by atoms with Gasteiger partial charge in [0.2, 0.25) is 0 Å². The molecule has 3 N–H and O–H groups in total. The number of amides is 2. The van der Waals surface area contributed by atoms with Crippen molar-refractivity contribution in [3.8, 4) is 0 Å². The average Bonchev–Trinajstić information content (AvgIpc) is 3.13. The second-order valence-electron chi connectivity index (χ2n) is 13.6. The molecule has 6 aromatic rings. The van der Waals surface area contributed by atoms with E-state index in [1.54, 1.807) is 0 Å². The monoisotopic (exact) mass is 662 g/mol. The molecule has 7 heteroatoms. The molecule has 50 heavy (non-hydrogen) atoms. The number of nitrogen functional groups attached to an aromatic ring is 1. The van der Waals surface area contributed by atoms with Crippen molar-refractivity contribution in [1.82, 2.24) is 9.88 Å². The summed E-state index contributed by atoms with van der Waals surface area (Å²) in [6.45, 7) is 9.56. The molecule has 2 heterocycles. The number of likely N-dealkylation sites (tertiary alicyclic amines) is 1. The minimum Gasteiger partial charge on any atom is -0.445 e. The van der Waals surface area contributed by atoms with E-state index in [4.69, 9.17) is 15.5 Å². The number of nitrogens with one attached hydrogen (secondary N) is 1. The second kappa shape index (κ2) is 13.3. The first-order chi connectivity index (χ1) is 24.1. The van der Waals surface area contributed by atoms with Crippen LogP contribution >= 0.6 is 0 Å². The van der Waals surface area contributed by atoms with Crippen LogP contribution in [0.15, 0.2) is 103 Å². The number of piperidine rings is 1. The number of carbonyl (C=O) groups is 2. The molecule has 0 unspecified atom stereocenters. The Morgan fingerprint density at radius 3 is 1.80 bits per heavy atom. The fraction of sp³-hybridized carbons (Fsp3) is 0.233. The van der Waals surface area contributed by atoms with Gasteiger partial charge in [-0.2, -0.15) is 0 Å². The van der Waals surface area contributed by atoms with E-state index in [-0.39, 0.29) is 24.0 Å². The van der Waals surface area contributed by atoms with Gasteiger partial charge in [0.05, 0.1) is 16.6 Å². The Kier molecular flexibility index (Phi) is 8.74. The molecular formula is C43H42N4O3. The number of anilines is 2. The normalized spacial score (nSPS) is 14.1. The lowest BCUT2D eigenvalue weighted by Crippen LogP contribution is -2.46. The van der Waals surface area contributed by atoms with E-state index in [1.807, 2.05) is 83.8 Å². The highest BCUT2D eigenvalue weighted by Crippen LogP contribution is 2.45. The first-order valence-electron chi connectivity index (χ1n) is 17.2. The van der Waals surface area contributed by atoms with Crippen LogP contribution in [0.25, 0.3) is 21.8 Å². The molecule has 0 radical (unpaired) electrons. The van der Waals surface area contributed by atoms with Gasteiger partial charge in [-0.1, -0.05) is 91.0 Å². The van der Waals surface area contributed by atoms with Gasteiger partial charge in [-0.25, -0.2) is 9.78 Å². The quantitative estimate of drug-likeness (QED) is 0.137. The molecule has 0 bridgehead atoms. The van der Waals surface area contributed by atoms with Gasteiger partial charge in [-0.15, -0.1) is 0 Å². The molecule has 5 aromatic carbocycles. The second-order valence-corrected chi connectivity index (χ2v) is 13.6. The summed E-state index contributed by atoms with van der Waals surface area (Å²) in [5, 5.41) is 4.92. The summed E-state index contributed by atoms with van der Waals surface area (Å²) in [4.78, 5) is 34.0. The van der Waals surface area contributed by atoms with E-state index in [1.165, 1.54) is 5.56 Å². The van der Waals surface area contributed by atoms with Crippen molar-refractivity contribution >= 4 is 45.2 Å². The summed E-state index contributed by atoms with van der Waals surface area (Å²) in [7, 11) is 0. The number of rotatable bonds is 6. The third-order valence-electron chi connectivity index (χ3n) is 10.4. The maximum atomic E-state index is 14.2. The van der Waals surface area contributed by atoms with Crippen LogP contribution in [0.1, 0.15) is 62.1 Å². The Hall–Kier alpha value is -5.69. The van der Waals surface area contributed by atoms with Crippen LogP contribution in [0.2, 0.25) is 0 Å². The highest BCUT2D eigenvalue weighted by atomic mass is 16.6. The van der Waals surface area contributed by atoms with Crippen molar-refractivity contribution < 1.29 is 14.3 Å². The van der Waals surface area contributed by atoms with Gasteiger partial charge in [-0.05, 0) is 91.6 Å². The number of nitrogens with zero attached hydrogens (tertiary/aromatic N) is 2. The lowest BCUT2D eigenvalue weighted by molar-refractivity contribution is 0.0813. The van der Waals surface area contributed by atoms with E-state index in [0.29, 0.717) is 18.7 Å². The molecule has 0 aliphatic carbocycles. The number of nitrogens with two attached hydrogens (primary N) is 1. The number of aryl methyl sites for hydroxylation is 4. The van der Waals surface area contributed by atoms with Crippen molar-refractivity contribution in [3.05, 3.63) is 148 Å².